The van der Waals surface area contributed by atoms with Gasteiger partial charge < -0.3 is 14.8 Å². The Balaban J connectivity index is 1.90. The van der Waals surface area contributed by atoms with Crippen molar-refractivity contribution in [3.8, 4) is 11.6 Å². The van der Waals surface area contributed by atoms with Crippen LogP contribution in [-0.2, 0) is 22.3 Å². The summed E-state index contributed by atoms with van der Waals surface area (Å²) < 4.78 is 47.8. The van der Waals surface area contributed by atoms with Gasteiger partial charge in [0, 0.05) is 18.8 Å². The number of benzene rings is 1. The number of hydrogen-bond donors (Lipinski definition) is 1. The molecule has 0 radical (unpaired) electrons. The average Bonchev–Trinajstić information content (AvgIpc) is 2.61. The summed E-state index contributed by atoms with van der Waals surface area (Å²) >= 11 is 0. The molecule has 0 aliphatic heterocycles. The third-order valence-corrected chi connectivity index (χ3v) is 3.46. The van der Waals surface area contributed by atoms with Gasteiger partial charge in [-0.25, -0.2) is 4.98 Å². The summed E-state index contributed by atoms with van der Waals surface area (Å²) in [6.07, 6.45) is -3.70. The number of carbonyl (C=O) groups excluding carboxylic acids is 1. The van der Waals surface area contributed by atoms with Gasteiger partial charge in [-0.05, 0) is 37.6 Å². The number of hydrogen-bond acceptors (Lipinski definition) is 5. The van der Waals surface area contributed by atoms with Crippen LogP contribution in [0.15, 0.2) is 42.6 Å². The van der Waals surface area contributed by atoms with Crippen molar-refractivity contribution in [2.24, 2.45) is 0 Å². The lowest BCUT2D eigenvalue weighted by atomic mass is 10.2. The highest BCUT2D eigenvalue weighted by atomic mass is 19.4. The van der Waals surface area contributed by atoms with Gasteiger partial charge in [-0.3, -0.25) is 4.79 Å². The Kier molecular flexibility index (Phi) is 6.57. The smallest absolute Gasteiger partial charge is 0.417 e. The maximum Gasteiger partial charge on any atom is 0.417 e. The van der Waals surface area contributed by atoms with Crippen LogP contribution in [0.3, 0.4) is 0 Å². The molecule has 1 atom stereocenters. The summed E-state index contributed by atoms with van der Waals surface area (Å²) in [6.45, 7) is 4.24. The van der Waals surface area contributed by atoms with Crippen LogP contribution in [0.4, 0.5) is 13.2 Å². The summed E-state index contributed by atoms with van der Waals surface area (Å²) in [4.78, 5) is 15.2. The molecule has 0 fully saturated rings. The van der Waals surface area contributed by atoms with Crippen molar-refractivity contribution in [1.29, 1.82) is 0 Å². The second-order valence-electron chi connectivity index (χ2n) is 5.48. The van der Waals surface area contributed by atoms with Crippen molar-refractivity contribution in [2.45, 2.75) is 32.6 Å². The van der Waals surface area contributed by atoms with E-state index in [2.05, 4.69) is 10.3 Å². The molecule has 0 aliphatic rings. The molecule has 1 aromatic heterocycles. The van der Waals surface area contributed by atoms with Gasteiger partial charge in [0.15, 0.2) is 0 Å². The van der Waals surface area contributed by atoms with E-state index in [1.807, 2.05) is 0 Å². The van der Waals surface area contributed by atoms with Crippen molar-refractivity contribution in [3.63, 3.8) is 0 Å². The van der Waals surface area contributed by atoms with Gasteiger partial charge in [0.1, 0.15) is 11.8 Å². The molecule has 5 nitrogen and oxygen atoms in total. The van der Waals surface area contributed by atoms with E-state index in [4.69, 9.17) is 9.47 Å². The number of nitrogens with one attached hydrogen (secondary N) is 1. The van der Waals surface area contributed by atoms with Crippen LogP contribution in [0, 0.1) is 0 Å². The lowest BCUT2D eigenvalue weighted by Crippen LogP contribution is -2.34. The van der Waals surface area contributed by atoms with E-state index >= 15 is 0 Å². The molecule has 0 saturated heterocycles. The van der Waals surface area contributed by atoms with Crippen LogP contribution >= 0.6 is 0 Å². The Hall–Kier alpha value is -2.61. The first-order valence-corrected chi connectivity index (χ1v) is 7.99. The van der Waals surface area contributed by atoms with E-state index in [1.165, 1.54) is 6.07 Å². The summed E-state index contributed by atoms with van der Waals surface area (Å²) in [6, 6.07) is 8.56. The number of rotatable bonds is 7. The molecule has 1 unspecified atom stereocenters. The molecule has 140 valence electrons. The van der Waals surface area contributed by atoms with Gasteiger partial charge in [-0.2, -0.15) is 13.2 Å². The molecule has 2 rings (SSSR count). The number of ether oxygens (including phenoxy) is 2. The van der Waals surface area contributed by atoms with Crippen LogP contribution in [0.1, 0.15) is 25.0 Å². The van der Waals surface area contributed by atoms with Crippen molar-refractivity contribution in [1.82, 2.24) is 10.3 Å². The fourth-order valence-corrected chi connectivity index (χ4v) is 2.03. The molecule has 1 N–H and O–H groups in total. The van der Waals surface area contributed by atoms with Gasteiger partial charge in [0.2, 0.25) is 5.88 Å². The van der Waals surface area contributed by atoms with E-state index in [0.29, 0.717) is 18.9 Å². The first-order valence-electron chi connectivity index (χ1n) is 7.99. The van der Waals surface area contributed by atoms with Crippen molar-refractivity contribution in [2.75, 3.05) is 6.61 Å². The first-order chi connectivity index (χ1) is 12.3. The van der Waals surface area contributed by atoms with Gasteiger partial charge in [-0.1, -0.05) is 12.1 Å². The molecule has 0 aliphatic carbocycles. The Morgan fingerprint density at radius 2 is 1.88 bits per heavy atom. The maximum atomic E-state index is 12.5. The Morgan fingerprint density at radius 3 is 2.42 bits per heavy atom. The summed E-state index contributed by atoms with van der Waals surface area (Å²) in [5.74, 6) is 0.195. The van der Waals surface area contributed by atoms with Gasteiger partial charge >= 0.3 is 12.1 Å². The molecule has 0 saturated carbocycles. The second kappa shape index (κ2) is 8.66. The van der Waals surface area contributed by atoms with Gasteiger partial charge in [0.05, 0.1) is 12.2 Å². The van der Waals surface area contributed by atoms with E-state index in [0.717, 1.165) is 17.8 Å². The SMILES string of the molecule is CCOC(=O)C(C)NCc1ccc(Oc2ccc(C(F)(F)F)cn2)cc1. The highest BCUT2D eigenvalue weighted by molar-refractivity contribution is 5.75. The lowest BCUT2D eigenvalue weighted by Gasteiger charge is -2.13. The highest BCUT2D eigenvalue weighted by Crippen LogP contribution is 2.30. The fraction of sp³-hybridized carbons (Fsp3) is 0.333. The number of carbonyl (C=O) groups is 1. The average molecular weight is 368 g/mol. The van der Waals surface area contributed by atoms with Crippen LogP contribution in [-0.4, -0.2) is 23.6 Å². The molecular formula is C18H19F3N2O3. The van der Waals surface area contributed by atoms with E-state index in [-0.39, 0.29) is 11.8 Å². The van der Waals surface area contributed by atoms with E-state index in [1.54, 1.807) is 38.1 Å². The minimum absolute atomic E-state index is 0.0693. The molecule has 0 bridgehead atoms. The molecule has 0 spiro atoms. The number of alkyl halides is 3. The van der Waals surface area contributed by atoms with Crippen LogP contribution < -0.4 is 10.1 Å². The van der Waals surface area contributed by atoms with E-state index in [9.17, 15) is 18.0 Å². The van der Waals surface area contributed by atoms with Crippen LogP contribution in [0.5, 0.6) is 11.6 Å². The molecular weight excluding hydrogens is 349 g/mol. The monoisotopic (exact) mass is 368 g/mol. The normalized spacial score (nSPS) is 12.5. The molecule has 1 heterocycles. The maximum absolute atomic E-state index is 12.5. The number of halogens is 3. The van der Waals surface area contributed by atoms with Crippen LogP contribution in [0.25, 0.3) is 0 Å². The van der Waals surface area contributed by atoms with Crippen LogP contribution in [0.2, 0.25) is 0 Å². The van der Waals surface area contributed by atoms with E-state index < -0.39 is 17.8 Å². The molecule has 26 heavy (non-hydrogen) atoms. The minimum atomic E-state index is -4.43. The zero-order valence-electron chi connectivity index (χ0n) is 14.3. The van der Waals surface area contributed by atoms with Crippen molar-refractivity contribution >= 4 is 5.97 Å². The molecule has 2 aromatic rings. The summed E-state index contributed by atoms with van der Waals surface area (Å²) in [5.41, 5.74) is 0.0795. The van der Waals surface area contributed by atoms with Gasteiger partial charge in [0.25, 0.3) is 0 Å². The van der Waals surface area contributed by atoms with Crippen molar-refractivity contribution < 1.29 is 27.4 Å². The fourth-order valence-electron chi connectivity index (χ4n) is 2.03. The number of pyridine rings is 1. The minimum Gasteiger partial charge on any atom is -0.465 e. The standard InChI is InChI=1S/C18H19F3N2O3/c1-3-25-17(24)12(2)22-10-13-4-7-15(8-5-13)26-16-9-6-14(11-23-16)18(19,20)21/h4-9,11-12,22H,3,10H2,1-2H3. The Bertz CT molecular complexity index is 716. The zero-order chi connectivity index (χ0) is 19.2. The first kappa shape index (κ1) is 19.7. The number of nitrogens with zero attached hydrogens (tertiary/aromatic N) is 1. The number of aromatic nitrogens is 1. The predicted molar refractivity (Wildman–Crippen MR) is 88.7 cm³/mol. The summed E-state index contributed by atoms with van der Waals surface area (Å²) in [5, 5.41) is 3.04. The topological polar surface area (TPSA) is 60.5 Å². The zero-order valence-corrected chi connectivity index (χ0v) is 14.3. The predicted octanol–water partition coefficient (Wildman–Crippen LogP) is 3.93. The van der Waals surface area contributed by atoms with Gasteiger partial charge in [-0.15, -0.1) is 0 Å². The molecule has 0 amide bonds. The molecule has 8 heteroatoms. The second-order valence-corrected chi connectivity index (χ2v) is 5.48. The largest absolute Gasteiger partial charge is 0.465 e. The third-order valence-electron chi connectivity index (χ3n) is 3.46. The lowest BCUT2D eigenvalue weighted by molar-refractivity contribution is -0.145. The van der Waals surface area contributed by atoms with Crippen molar-refractivity contribution in [3.05, 3.63) is 53.7 Å². The third kappa shape index (κ3) is 5.73. The quantitative estimate of drug-likeness (QED) is 0.751. The highest BCUT2D eigenvalue weighted by Gasteiger charge is 2.30. The number of esters is 1. The summed E-state index contributed by atoms with van der Waals surface area (Å²) in [7, 11) is 0. The Morgan fingerprint density at radius 1 is 1.19 bits per heavy atom. The molecule has 1 aromatic carbocycles. The Labute approximate surface area is 149 Å².